The molecule has 0 saturated carbocycles. The van der Waals surface area contributed by atoms with E-state index < -0.39 is 11.6 Å². The summed E-state index contributed by atoms with van der Waals surface area (Å²) in [6.45, 7) is 3.70. The molecule has 1 aliphatic heterocycles. The van der Waals surface area contributed by atoms with Crippen LogP contribution in [0.4, 0.5) is 8.78 Å². The molecule has 2 N–H and O–H groups in total. The minimum Gasteiger partial charge on any atom is -0.326 e. The maximum absolute atomic E-state index is 14.1. The maximum Gasteiger partial charge on any atom is 0.162 e. The largest absolute Gasteiger partial charge is 0.326 e. The fourth-order valence-corrected chi connectivity index (χ4v) is 3.77. The van der Waals surface area contributed by atoms with Crippen molar-refractivity contribution in [2.24, 2.45) is 10.7 Å². The number of allylic oxidation sites excluding steroid dienone is 1. The van der Waals surface area contributed by atoms with Crippen molar-refractivity contribution in [1.29, 1.82) is 0 Å². The maximum atomic E-state index is 14.1. The van der Waals surface area contributed by atoms with Crippen molar-refractivity contribution in [1.82, 2.24) is 0 Å². The van der Waals surface area contributed by atoms with Crippen molar-refractivity contribution in [3.63, 3.8) is 0 Å². The molecule has 0 aliphatic carbocycles. The number of nitrogens with two attached hydrogens (primary N) is 1. The second-order valence-electron chi connectivity index (χ2n) is 5.29. The zero-order valence-corrected chi connectivity index (χ0v) is 12.8. The number of hydrogen-bond donors (Lipinski definition) is 1. The van der Waals surface area contributed by atoms with Crippen LogP contribution in [0, 0.1) is 11.6 Å². The number of thioether (sulfide) groups is 1. The molecule has 6 heteroatoms. The molecule has 0 saturated heterocycles. The van der Waals surface area contributed by atoms with Gasteiger partial charge in [-0.05, 0) is 24.5 Å². The minimum atomic E-state index is -0.827. The number of aliphatic imine (C=N–C) groups is 1. The molecule has 2 unspecified atom stereocenters. The van der Waals surface area contributed by atoms with Gasteiger partial charge in [0, 0.05) is 23.2 Å². The monoisotopic (exact) mass is 308 g/mol. The lowest BCUT2D eigenvalue weighted by molar-refractivity contribution is 0.441. The molecule has 0 bridgehead atoms. The lowest BCUT2D eigenvalue weighted by atomic mass is 9.80. The highest BCUT2D eigenvalue weighted by Gasteiger charge is 2.34. The Morgan fingerprint density at radius 1 is 1.48 bits per heavy atom. The van der Waals surface area contributed by atoms with E-state index >= 15 is 0 Å². The van der Waals surface area contributed by atoms with Crippen LogP contribution in [0.15, 0.2) is 35.8 Å². The van der Waals surface area contributed by atoms with Gasteiger partial charge in [-0.25, -0.2) is 8.78 Å². The third-order valence-corrected chi connectivity index (χ3v) is 5.16. The minimum absolute atomic E-state index is 0.0856. The highest BCUT2D eigenvalue weighted by atomic mass is 32.2. The summed E-state index contributed by atoms with van der Waals surface area (Å²) in [5, 5.41) is 0.0856. The molecule has 1 aromatic carbocycles. The van der Waals surface area contributed by atoms with Crippen molar-refractivity contribution in [2.75, 3.05) is 0 Å². The molecule has 4 atom stereocenters. The number of hydrogen-bond acceptors (Lipinski definition) is 3. The van der Waals surface area contributed by atoms with Gasteiger partial charge in [-0.3, -0.25) is 4.99 Å². The molecular formula is C15H19BF2N2S. The molecule has 0 spiro atoms. The predicted molar refractivity (Wildman–Crippen MR) is 88.7 cm³/mol. The summed E-state index contributed by atoms with van der Waals surface area (Å²) in [5.41, 5.74) is 8.53. The SMILES string of the molecule is BC1N=CSC1[C@@H](N)[C@@H](CCC=C)c1cccc(F)c1F. The van der Waals surface area contributed by atoms with Gasteiger partial charge in [0.1, 0.15) is 7.85 Å². The van der Waals surface area contributed by atoms with Gasteiger partial charge in [-0.15, -0.1) is 18.3 Å². The Labute approximate surface area is 129 Å². The highest BCUT2D eigenvalue weighted by Crippen LogP contribution is 2.34. The first-order chi connectivity index (χ1) is 10.1. The first kappa shape index (κ1) is 16.2. The van der Waals surface area contributed by atoms with E-state index in [0.717, 1.165) is 6.07 Å². The average Bonchev–Trinajstić information content (AvgIpc) is 2.89. The van der Waals surface area contributed by atoms with Gasteiger partial charge in [0.2, 0.25) is 0 Å². The molecule has 1 aliphatic rings. The third kappa shape index (κ3) is 3.55. The quantitative estimate of drug-likeness (QED) is 0.647. The van der Waals surface area contributed by atoms with Gasteiger partial charge in [0.15, 0.2) is 11.6 Å². The van der Waals surface area contributed by atoms with Gasteiger partial charge in [0.05, 0.1) is 5.55 Å². The van der Waals surface area contributed by atoms with E-state index in [2.05, 4.69) is 11.6 Å². The van der Waals surface area contributed by atoms with Gasteiger partial charge in [-0.1, -0.05) is 18.2 Å². The van der Waals surface area contributed by atoms with Crippen LogP contribution in [0.5, 0.6) is 0 Å². The summed E-state index contributed by atoms with van der Waals surface area (Å²) < 4.78 is 27.6. The van der Waals surface area contributed by atoms with Crippen molar-refractivity contribution >= 4 is 25.2 Å². The van der Waals surface area contributed by atoms with Gasteiger partial charge in [0.25, 0.3) is 0 Å². The van der Waals surface area contributed by atoms with Crippen LogP contribution in [0.2, 0.25) is 0 Å². The van der Waals surface area contributed by atoms with Crippen LogP contribution in [-0.2, 0) is 0 Å². The van der Waals surface area contributed by atoms with Crippen LogP contribution in [-0.4, -0.2) is 30.6 Å². The molecule has 2 rings (SSSR count). The molecule has 2 nitrogen and oxygen atoms in total. The smallest absolute Gasteiger partial charge is 0.162 e. The summed E-state index contributed by atoms with van der Waals surface area (Å²) in [6.07, 6.45) is 3.13. The lowest BCUT2D eigenvalue weighted by Crippen LogP contribution is -2.43. The van der Waals surface area contributed by atoms with Gasteiger partial charge >= 0.3 is 0 Å². The lowest BCUT2D eigenvalue weighted by Gasteiger charge is -2.30. The van der Waals surface area contributed by atoms with E-state index in [1.807, 2.05) is 7.85 Å². The summed E-state index contributed by atoms with van der Waals surface area (Å²) in [6, 6.07) is 3.99. The van der Waals surface area contributed by atoms with E-state index in [-0.39, 0.29) is 23.2 Å². The predicted octanol–water partition coefficient (Wildman–Crippen LogP) is 2.44. The molecule has 0 radical (unpaired) electrons. The zero-order chi connectivity index (χ0) is 15.4. The van der Waals surface area contributed by atoms with Gasteiger partial charge < -0.3 is 5.73 Å². The Kier molecular flexibility index (Phi) is 5.59. The van der Waals surface area contributed by atoms with E-state index in [9.17, 15) is 8.78 Å². The normalized spacial score (nSPS) is 24.0. The summed E-state index contributed by atoms with van der Waals surface area (Å²) in [7, 11) is 1.99. The molecule has 21 heavy (non-hydrogen) atoms. The number of rotatable bonds is 6. The summed E-state index contributed by atoms with van der Waals surface area (Å²) >= 11 is 1.57. The van der Waals surface area contributed by atoms with Crippen molar-refractivity contribution < 1.29 is 8.78 Å². The van der Waals surface area contributed by atoms with Crippen LogP contribution in [0.25, 0.3) is 0 Å². The molecule has 0 aromatic heterocycles. The summed E-state index contributed by atoms with van der Waals surface area (Å²) in [5.74, 6) is -1.78. The second-order valence-corrected chi connectivity index (χ2v) is 6.32. The Hall–Kier alpha value is -1.14. The Morgan fingerprint density at radius 2 is 2.24 bits per heavy atom. The average molecular weight is 308 g/mol. The van der Waals surface area contributed by atoms with E-state index in [1.54, 1.807) is 29.5 Å². The Balaban J connectivity index is 2.29. The highest BCUT2D eigenvalue weighted by molar-refractivity contribution is 8.13. The van der Waals surface area contributed by atoms with E-state index in [0.29, 0.717) is 18.4 Å². The number of nitrogens with zero attached hydrogens (tertiary/aromatic N) is 1. The first-order valence-electron chi connectivity index (χ1n) is 7.03. The van der Waals surface area contributed by atoms with Crippen LogP contribution in [0.3, 0.4) is 0 Å². The molecule has 0 amide bonds. The Bertz CT molecular complexity index is 538. The number of halogens is 2. The van der Waals surface area contributed by atoms with Crippen molar-refractivity contribution in [2.45, 2.75) is 36.0 Å². The Morgan fingerprint density at radius 3 is 2.86 bits per heavy atom. The molecule has 0 fully saturated rings. The molecular weight excluding hydrogens is 289 g/mol. The summed E-state index contributed by atoms with van der Waals surface area (Å²) in [4.78, 5) is 4.30. The van der Waals surface area contributed by atoms with E-state index in [4.69, 9.17) is 5.73 Å². The number of benzene rings is 1. The standard InChI is InChI=1S/C15H19BF2N2S/c1-2-3-5-10(9-6-4-7-11(17)12(9)18)13(19)14-15(16)20-8-21-14/h2,4,6-8,10,13-15H,1,3,5,16,19H2/t10-,13-,14?,15?/m0/s1. The third-order valence-electron chi connectivity index (χ3n) is 3.90. The van der Waals surface area contributed by atoms with Crippen molar-refractivity contribution in [3.8, 4) is 0 Å². The molecule has 1 aromatic rings. The molecule has 112 valence electrons. The van der Waals surface area contributed by atoms with Crippen LogP contribution >= 0.6 is 11.8 Å². The van der Waals surface area contributed by atoms with Crippen LogP contribution < -0.4 is 5.73 Å². The van der Waals surface area contributed by atoms with Crippen molar-refractivity contribution in [3.05, 3.63) is 48.1 Å². The fourth-order valence-electron chi connectivity index (χ4n) is 2.70. The first-order valence-corrected chi connectivity index (χ1v) is 7.98. The molecule has 1 heterocycles. The van der Waals surface area contributed by atoms with Gasteiger partial charge in [-0.2, -0.15) is 0 Å². The van der Waals surface area contributed by atoms with Crippen LogP contribution in [0.1, 0.15) is 24.3 Å². The second kappa shape index (κ2) is 7.23. The van der Waals surface area contributed by atoms with E-state index in [1.165, 1.54) is 6.07 Å². The zero-order valence-electron chi connectivity index (χ0n) is 12.0. The fraction of sp³-hybridized carbons (Fsp3) is 0.400. The topological polar surface area (TPSA) is 38.4 Å².